The summed E-state index contributed by atoms with van der Waals surface area (Å²) >= 11 is 0. The van der Waals surface area contributed by atoms with E-state index in [0.717, 1.165) is 19.3 Å². The fourth-order valence-corrected chi connectivity index (χ4v) is 1.63. The molecule has 0 heterocycles. The Balaban J connectivity index is 2.20. The van der Waals surface area contributed by atoms with E-state index in [-0.39, 0.29) is 6.10 Å². The molecule has 88 valence electrons. The molecule has 1 aromatic carbocycles. The second-order valence-electron chi connectivity index (χ2n) is 4.16. The van der Waals surface area contributed by atoms with Crippen molar-refractivity contribution in [1.29, 1.82) is 0 Å². The molecule has 1 nitrogen and oxygen atoms in total. The quantitative estimate of drug-likeness (QED) is 0.546. The molecule has 0 unspecified atom stereocenters. The summed E-state index contributed by atoms with van der Waals surface area (Å²) in [5, 5.41) is 9.72. The fraction of sp³-hybridized carbons (Fsp3) is 0.467. The second kappa shape index (κ2) is 8.12. The molecule has 16 heavy (non-hydrogen) atoms. The number of hydrogen-bond acceptors (Lipinski definition) is 1. The predicted molar refractivity (Wildman–Crippen MR) is 69.4 cm³/mol. The lowest BCUT2D eigenvalue weighted by atomic mass is 10.1. The maximum atomic E-state index is 9.72. The molecule has 1 heteroatoms. The zero-order valence-electron chi connectivity index (χ0n) is 10.1. The Hall–Kier alpha value is -1.08. The van der Waals surface area contributed by atoms with E-state index in [0.29, 0.717) is 0 Å². The Bertz CT molecular complexity index is 290. The van der Waals surface area contributed by atoms with Crippen molar-refractivity contribution in [3.63, 3.8) is 0 Å². The number of rotatable bonds is 7. The van der Waals surface area contributed by atoms with Crippen LogP contribution in [0.15, 0.2) is 42.5 Å². The normalized spacial score (nSPS) is 13.1. The minimum atomic E-state index is -0.294. The number of benzene rings is 1. The van der Waals surface area contributed by atoms with Crippen molar-refractivity contribution in [3.8, 4) is 0 Å². The van der Waals surface area contributed by atoms with Crippen molar-refractivity contribution < 1.29 is 5.11 Å². The first kappa shape index (κ1) is 13.0. The summed E-state index contributed by atoms with van der Waals surface area (Å²) in [5.74, 6) is 0. The number of aliphatic hydroxyl groups excluding tert-OH is 1. The third kappa shape index (κ3) is 5.72. The molecule has 0 aromatic heterocycles. The van der Waals surface area contributed by atoms with Gasteiger partial charge in [-0.3, -0.25) is 0 Å². The monoisotopic (exact) mass is 218 g/mol. The van der Waals surface area contributed by atoms with Gasteiger partial charge in [-0.05, 0) is 24.8 Å². The first-order valence-corrected chi connectivity index (χ1v) is 6.21. The zero-order valence-corrected chi connectivity index (χ0v) is 10.1. The third-order valence-corrected chi connectivity index (χ3v) is 2.65. The molecule has 0 bridgehead atoms. The molecule has 0 spiro atoms. The van der Waals surface area contributed by atoms with E-state index < -0.39 is 0 Å². The fourth-order valence-electron chi connectivity index (χ4n) is 1.63. The Morgan fingerprint density at radius 1 is 1.25 bits per heavy atom. The smallest absolute Gasteiger partial charge is 0.0724 e. The first-order valence-electron chi connectivity index (χ1n) is 6.21. The summed E-state index contributed by atoms with van der Waals surface area (Å²) in [6.07, 6.45) is 8.99. The molecule has 1 aromatic rings. The zero-order chi connectivity index (χ0) is 11.6. The Morgan fingerprint density at radius 2 is 2.00 bits per heavy atom. The molecule has 0 aliphatic heterocycles. The van der Waals surface area contributed by atoms with Crippen molar-refractivity contribution in [2.75, 3.05) is 0 Å². The number of aliphatic hydroxyl groups is 1. The second-order valence-corrected chi connectivity index (χ2v) is 4.16. The highest BCUT2D eigenvalue weighted by Gasteiger charge is 1.99. The number of aryl methyl sites for hydroxylation is 1. The third-order valence-electron chi connectivity index (χ3n) is 2.65. The van der Waals surface area contributed by atoms with Gasteiger partial charge >= 0.3 is 0 Å². The van der Waals surface area contributed by atoms with Gasteiger partial charge in [0.25, 0.3) is 0 Å². The van der Waals surface area contributed by atoms with E-state index in [1.807, 2.05) is 24.3 Å². The van der Waals surface area contributed by atoms with Crippen molar-refractivity contribution in [2.45, 2.75) is 45.1 Å². The number of hydrogen-bond donors (Lipinski definition) is 1. The molecule has 0 radical (unpaired) electrons. The SMILES string of the molecule is CCCC/C=C/[C@@H](O)CCc1ccccc1. The van der Waals surface area contributed by atoms with Gasteiger partial charge in [0.15, 0.2) is 0 Å². The molecule has 0 saturated heterocycles. The van der Waals surface area contributed by atoms with Crippen molar-refractivity contribution in [3.05, 3.63) is 48.0 Å². The summed E-state index contributed by atoms with van der Waals surface area (Å²) in [7, 11) is 0. The topological polar surface area (TPSA) is 20.2 Å². The summed E-state index contributed by atoms with van der Waals surface area (Å²) in [6, 6.07) is 10.3. The van der Waals surface area contributed by atoms with Crippen LogP contribution in [0.1, 0.15) is 38.2 Å². The maximum Gasteiger partial charge on any atom is 0.0724 e. The van der Waals surface area contributed by atoms with Crippen LogP contribution in [0.3, 0.4) is 0 Å². The molecule has 1 N–H and O–H groups in total. The molecule has 0 fully saturated rings. The molecule has 0 amide bonds. The highest BCUT2D eigenvalue weighted by molar-refractivity contribution is 5.14. The van der Waals surface area contributed by atoms with Gasteiger partial charge < -0.3 is 5.11 Å². The van der Waals surface area contributed by atoms with Crippen molar-refractivity contribution in [1.82, 2.24) is 0 Å². The first-order chi connectivity index (χ1) is 7.83. The molecular weight excluding hydrogens is 196 g/mol. The van der Waals surface area contributed by atoms with Crippen LogP contribution in [0.5, 0.6) is 0 Å². The predicted octanol–water partition coefficient (Wildman–Crippen LogP) is 3.73. The minimum Gasteiger partial charge on any atom is -0.389 e. The molecule has 1 atom stereocenters. The van der Waals surface area contributed by atoms with E-state index in [2.05, 4.69) is 25.1 Å². The van der Waals surface area contributed by atoms with Gasteiger partial charge in [-0.25, -0.2) is 0 Å². The Labute approximate surface area is 98.8 Å². The summed E-state index contributed by atoms with van der Waals surface area (Å²) in [6.45, 7) is 2.18. The Kier molecular flexibility index (Phi) is 6.59. The summed E-state index contributed by atoms with van der Waals surface area (Å²) < 4.78 is 0. The van der Waals surface area contributed by atoms with Gasteiger partial charge in [0.2, 0.25) is 0 Å². The lowest BCUT2D eigenvalue weighted by Gasteiger charge is -2.05. The largest absolute Gasteiger partial charge is 0.389 e. The van der Waals surface area contributed by atoms with E-state index in [1.165, 1.54) is 18.4 Å². The van der Waals surface area contributed by atoms with E-state index in [9.17, 15) is 5.11 Å². The number of allylic oxidation sites excluding steroid dienone is 1. The van der Waals surface area contributed by atoms with E-state index >= 15 is 0 Å². The lowest BCUT2D eigenvalue weighted by molar-refractivity contribution is 0.212. The lowest BCUT2D eigenvalue weighted by Crippen LogP contribution is -2.03. The number of unbranched alkanes of at least 4 members (excludes halogenated alkanes) is 2. The van der Waals surface area contributed by atoms with Crippen LogP contribution in [-0.2, 0) is 6.42 Å². The summed E-state index contributed by atoms with van der Waals surface area (Å²) in [5.41, 5.74) is 1.29. The standard InChI is InChI=1S/C15H22O/c1-2-3-4-8-11-15(16)13-12-14-9-6-5-7-10-14/h5-11,15-16H,2-4,12-13H2,1H3/b11-8+/t15-/m1/s1. The molecular formula is C15H22O. The van der Waals surface area contributed by atoms with Gasteiger partial charge in [0, 0.05) is 0 Å². The van der Waals surface area contributed by atoms with Crippen LogP contribution in [0.2, 0.25) is 0 Å². The highest BCUT2D eigenvalue weighted by atomic mass is 16.3. The van der Waals surface area contributed by atoms with Gasteiger partial charge in [0.1, 0.15) is 0 Å². The van der Waals surface area contributed by atoms with E-state index in [1.54, 1.807) is 0 Å². The highest BCUT2D eigenvalue weighted by Crippen LogP contribution is 2.06. The molecule has 0 aliphatic carbocycles. The maximum absolute atomic E-state index is 9.72. The van der Waals surface area contributed by atoms with Crippen LogP contribution < -0.4 is 0 Å². The molecule has 1 rings (SSSR count). The van der Waals surface area contributed by atoms with Crippen LogP contribution >= 0.6 is 0 Å². The van der Waals surface area contributed by atoms with Crippen molar-refractivity contribution in [2.24, 2.45) is 0 Å². The van der Waals surface area contributed by atoms with Crippen LogP contribution in [-0.4, -0.2) is 11.2 Å². The van der Waals surface area contributed by atoms with E-state index in [4.69, 9.17) is 0 Å². The van der Waals surface area contributed by atoms with Gasteiger partial charge in [-0.1, -0.05) is 62.2 Å². The van der Waals surface area contributed by atoms with Gasteiger partial charge in [-0.2, -0.15) is 0 Å². The van der Waals surface area contributed by atoms with Crippen LogP contribution in [0, 0.1) is 0 Å². The van der Waals surface area contributed by atoms with Gasteiger partial charge in [0.05, 0.1) is 6.10 Å². The summed E-state index contributed by atoms with van der Waals surface area (Å²) in [4.78, 5) is 0. The van der Waals surface area contributed by atoms with Crippen molar-refractivity contribution >= 4 is 0 Å². The van der Waals surface area contributed by atoms with Crippen LogP contribution in [0.4, 0.5) is 0 Å². The van der Waals surface area contributed by atoms with Gasteiger partial charge in [-0.15, -0.1) is 0 Å². The molecule has 0 saturated carbocycles. The average molecular weight is 218 g/mol. The average Bonchev–Trinajstić information content (AvgIpc) is 2.33. The molecule has 0 aliphatic rings. The van der Waals surface area contributed by atoms with Crippen LogP contribution in [0.25, 0.3) is 0 Å². The Morgan fingerprint density at radius 3 is 2.69 bits per heavy atom. The minimum absolute atomic E-state index is 0.294.